The first-order valence-corrected chi connectivity index (χ1v) is 5.99. The Morgan fingerprint density at radius 3 is 2.71 bits per heavy atom. The zero-order valence-corrected chi connectivity index (χ0v) is 10.8. The van der Waals surface area contributed by atoms with Crippen LogP contribution in [-0.4, -0.2) is 5.11 Å². The van der Waals surface area contributed by atoms with Gasteiger partial charge in [-0.05, 0) is 36.8 Å². The van der Waals surface area contributed by atoms with Crippen molar-refractivity contribution in [2.45, 2.75) is 19.4 Å². The molecule has 1 atom stereocenters. The van der Waals surface area contributed by atoms with Gasteiger partial charge < -0.3 is 9.52 Å². The number of rotatable bonds is 3. The first-order valence-electron chi connectivity index (χ1n) is 5.23. The van der Waals surface area contributed by atoms with Gasteiger partial charge in [-0.2, -0.15) is 0 Å². The molecule has 0 radical (unpaired) electrons. The molecule has 0 bridgehead atoms. The summed E-state index contributed by atoms with van der Waals surface area (Å²) in [6.07, 6.45) is 1.33. The van der Waals surface area contributed by atoms with Crippen LogP contribution in [0, 0.1) is 6.92 Å². The van der Waals surface area contributed by atoms with Gasteiger partial charge in [0.15, 0.2) is 0 Å². The van der Waals surface area contributed by atoms with Crippen LogP contribution in [-0.2, 0) is 6.42 Å². The van der Waals surface area contributed by atoms with Gasteiger partial charge >= 0.3 is 0 Å². The second kappa shape index (κ2) is 5.13. The lowest BCUT2D eigenvalue weighted by atomic mass is 10.0. The molecule has 90 valence electrons. The summed E-state index contributed by atoms with van der Waals surface area (Å²) in [6.45, 7) is 1.84. The maximum atomic E-state index is 10.0. The molecular weight excluding hydrogens is 259 g/mol. The molecule has 0 aliphatic rings. The number of aliphatic hydroxyl groups is 1. The number of hydrogen-bond donors (Lipinski definition) is 1. The van der Waals surface area contributed by atoms with Gasteiger partial charge in [0.2, 0.25) is 0 Å². The minimum Gasteiger partial charge on any atom is -0.469 e. The molecular formula is C13H12Cl2O2. The van der Waals surface area contributed by atoms with Crippen LogP contribution in [0.2, 0.25) is 10.0 Å². The van der Waals surface area contributed by atoms with E-state index >= 15 is 0 Å². The van der Waals surface area contributed by atoms with Crippen LogP contribution >= 0.6 is 23.2 Å². The normalized spacial score (nSPS) is 12.7. The summed E-state index contributed by atoms with van der Waals surface area (Å²) < 4.78 is 5.16. The molecule has 1 N–H and O–H groups in total. The Kier molecular flexibility index (Phi) is 3.77. The fraction of sp³-hybridized carbons (Fsp3) is 0.231. The molecule has 0 aliphatic heterocycles. The monoisotopic (exact) mass is 270 g/mol. The Morgan fingerprint density at radius 2 is 2.06 bits per heavy atom. The molecule has 2 rings (SSSR count). The van der Waals surface area contributed by atoms with Crippen LogP contribution < -0.4 is 0 Å². The van der Waals surface area contributed by atoms with E-state index in [-0.39, 0.29) is 0 Å². The fourth-order valence-corrected chi connectivity index (χ4v) is 2.05. The number of halogens is 2. The summed E-state index contributed by atoms with van der Waals surface area (Å²) in [5.41, 5.74) is 1.57. The maximum absolute atomic E-state index is 10.0. The smallest absolute Gasteiger partial charge is 0.101 e. The van der Waals surface area contributed by atoms with Gasteiger partial charge in [-0.3, -0.25) is 0 Å². The summed E-state index contributed by atoms with van der Waals surface area (Å²) in [5.74, 6) is 0.774. The molecule has 2 aromatic rings. The van der Waals surface area contributed by atoms with E-state index in [1.807, 2.05) is 13.0 Å². The van der Waals surface area contributed by atoms with Crippen molar-refractivity contribution in [2.24, 2.45) is 0 Å². The van der Waals surface area contributed by atoms with Crippen molar-refractivity contribution in [1.29, 1.82) is 0 Å². The van der Waals surface area contributed by atoms with Gasteiger partial charge in [0.25, 0.3) is 0 Å². The van der Waals surface area contributed by atoms with Crippen molar-refractivity contribution in [2.75, 3.05) is 0 Å². The zero-order valence-electron chi connectivity index (χ0n) is 9.28. The second-order valence-electron chi connectivity index (χ2n) is 3.95. The summed E-state index contributed by atoms with van der Waals surface area (Å²) in [6, 6.07) is 7.03. The van der Waals surface area contributed by atoms with E-state index in [4.69, 9.17) is 27.6 Å². The minimum absolute atomic E-state index is 0.415. The molecule has 0 amide bonds. The van der Waals surface area contributed by atoms with Gasteiger partial charge in [0, 0.05) is 22.0 Å². The van der Waals surface area contributed by atoms with Crippen molar-refractivity contribution in [3.63, 3.8) is 0 Å². The van der Waals surface area contributed by atoms with Crippen LogP contribution in [0.4, 0.5) is 0 Å². The van der Waals surface area contributed by atoms with Crippen molar-refractivity contribution in [3.8, 4) is 0 Å². The third-order valence-corrected chi connectivity index (χ3v) is 3.16. The van der Waals surface area contributed by atoms with Crippen molar-refractivity contribution < 1.29 is 9.52 Å². The minimum atomic E-state index is -0.636. The number of aryl methyl sites for hydroxylation is 1. The van der Waals surface area contributed by atoms with E-state index in [0.29, 0.717) is 16.5 Å². The highest BCUT2D eigenvalue weighted by molar-refractivity contribution is 6.33. The highest BCUT2D eigenvalue weighted by Gasteiger charge is 2.13. The highest BCUT2D eigenvalue weighted by Crippen LogP contribution is 2.26. The van der Waals surface area contributed by atoms with Crippen LogP contribution in [0.3, 0.4) is 0 Å². The van der Waals surface area contributed by atoms with E-state index in [1.165, 1.54) is 0 Å². The van der Waals surface area contributed by atoms with Gasteiger partial charge in [-0.15, -0.1) is 0 Å². The first kappa shape index (κ1) is 12.5. The highest BCUT2D eigenvalue weighted by atomic mass is 35.5. The largest absolute Gasteiger partial charge is 0.469 e. The lowest BCUT2D eigenvalue weighted by molar-refractivity contribution is 0.177. The van der Waals surface area contributed by atoms with E-state index in [9.17, 15) is 5.11 Å². The van der Waals surface area contributed by atoms with E-state index in [1.54, 1.807) is 24.5 Å². The van der Waals surface area contributed by atoms with E-state index < -0.39 is 6.10 Å². The lowest BCUT2D eigenvalue weighted by Gasteiger charge is -2.10. The fourth-order valence-electron chi connectivity index (χ4n) is 1.66. The third kappa shape index (κ3) is 3.03. The zero-order chi connectivity index (χ0) is 12.4. The quantitative estimate of drug-likeness (QED) is 0.908. The van der Waals surface area contributed by atoms with Gasteiger partial charge in [-0.1, -0.05) is 23.2 Å². The molecule has 17 heavy (non-hydrogen) atoms. The molecule has 0 fully saturated rings. The molecule has 1 aromatic heterocycles. The third-order valence-electron chi connectivity index (χ3n) is 2.56. The maximum Gasteiger partial charge on any atom is 0.101 e. The average molecular weight is 271 g/mol. The molecule has 0 saturated carbocycles. The molecule has 4 heteroatoms. The standard InChI is InChI=1S/C13H12Cl2O2/c1-8-4-10(7-17-8)13(16)6-9-5-11(14)2-3-12(9)15/h2-5,7,13,16H,6H2,1H3. The van der Waals surface area contributed by atoms with Crippen LogP contribution in [0.5, 0.6) is 0 Å². The Balaban J connectivity index is 2.18. The SMILES string of the molecule is Cc1cc(C(O)Cc2cc(Cl)ccc2Cl)co1. The Morgan fingerprint density at radius 1 is 1.29 bits per heavy atom. The van der Waals surface area contributed by atoms with E-state index in [2.05, 4.69) is 0 Å². The van der Waals surface area contributed by atoms with Crippen LogP contribution in [0.15, 0.2) is 34.9 Å². The topological polar surface area (TPSA) is 33.4 Å². The molecule has 2 nitrogen and oxygen atoms in total. The molecule has 0 saturated heterocycles. The summed E-state index contributed by atoms with van der Waals surface area (Å²) in [7, 11) is 0. The van der Waals surface area contributed by atoms with Gasteiger partial charge in [0.05, 0.1) is 12.4 Å². The van der Waals surface area contributed by atoms with E-state index in [0.717, 1.165) is 16.9 Å². The van der Waals surface area contributed by atoms with Crippen LogP contribution in [0.1, 0.15) is 23.0 Å². The molecule has 1 unspecified atom stereocenters. The number of hydrogen-bond acceptors (Lipinski definition) is 2. The number of benzene rings is 1. The molecule has 0 aliphatic carbocycles. The predicted molar refractivity (Wildman–Crippen MR) is 68.6 cm³/mol. The summed E-state index contributed by atoms with van der Waals surface area (Å²) >= 11 is 11.9. The summed E-state index contributed by atoms with van der Waals surface area (Å²) in [4.78, 5) is 0. The summed E-state index contributed by atoms with van der Waals surface area (Å²) in [5, 5.41) is 11.3. The number of aliphatic hydroxyl groups excluding tert-OH is 1. The molecule has 1 aromatic carbocycles. The predicted octanol–water partition coefficient (Wildman–Crippen LogP) is 4.17. The second-order valence-corrected chi connectivity index (χ2v) is 4.79. The Labute approximate surface area is 110 Å². The van der Waals surface area contributed by atoms with Gasteiger partial charge in [0.1, 0.15) is 5.76 Å². The van der Waals surface area contributed by atoms with Crippen molar-refractivity contribution >= 4 is 23.2 Å². The lowest BCUT2D eigenvalue weighted by Crippen LogP contribution is -2.01. The van der Waals surface area contributed by atoms with Crippen LogP contribution in [0.25, 0.3) is 0 Å². The molecule has 1 heterocycles. The first-order chi connectivity index (χ1) is 8.06. The van der Waals surface area contributed by atoms with Crippen molar-refractivity contribution in [1.82, 2.24) is 0 Å². The average Bonchev–Trinajstić information content (AvgIpc) is 2.70. The Bertz CT molecular complexity index is 520. The number of furan rings is 1. The Hall–Kier alpha value is -0.960. The molecule has 0 spiro atoms. The van der Waals surface area contributed by atoms with Crippen molar-refractivity contribution in [3.05, 3.63) is 57.5 Å². The van der Waals surface area contributed by atoms with Gasteiger partial charge in [-0.25, -0.2) is 0 Å².